The van der Waals surface area contributed by atoms with Crippen LogP contribution in [0.4, 0.5) is 5.69 Å². The maximum Gasteiger partial charge on any atom is 0.125 e. The quantitative estimate of drug-likeness (QED) is 0.907. The zero-order chi connectivity index (χ0) is 15.4. The van der Waals surface area contributed by atoms with Crippen LogP contribution in [0.25, 0.3) is 0 Å². The minimum Gasteiger partial charge on any atom is -0.496 e. The minimum atomic E-state index is -0.0937. The molecular weight excluding hydrogens is 284 g/mol. The van der Waals surface area contributed by atoms with Gasteiger partial charge in [0.1, 0.15) is 5.75 Å². The Hall–Kier alpha value is -1.71. The third kappa shape index (κ3) is 3.69. The van der Waals surface area contributed by atoms with E-state index < -0.39 is 0 Å². The molecule has 0 aliphatic heterocycles. The molecule has 0 fully saturated rings. The monoisotopic (exact) mass is 304 g/mol. The molecule has 0 aliphatic rings. The molecule has 112 valence electrons. The first-order chi connectivity index (χ1) is 10.0. The van der Waals surface area contributed by atoms with Crippen molar-refractivity contribution in [1.29, 1.82) is 0 Å². The first kappa shape index (κ1) is 15.7. The highest BCUT2D eigenvalue weighted by Gasteiger charge is 2.16. The predicted octanol–water partition coefficient (Wildman–Crippen LogP) is 4.00. The molecule has 3 nitrogen and oxygen atoms in total. The van der Waals surface area contributed by atoms with Crippen LogP contribution in [0.5, 0.6) is 5.75 Å². The van der Waals surface area contributed by atoms with E-state index in [-0.39, 0.29) is 6.04 Å². The highest BCUT2D eigenvalue weighted by molar-refractivity contribution is 6.30. The highest BCUT2D eigenvalue weighted by Crippen LogP contribution is 2.33. The van der Waals surface area contributed by atoms with E-state index in [0.717, 1.165) is 28.6 Å². The normalized spacial score (nSPS) is 12.0. The van der Waals surface area contributed by atoms with E-state index in [1.54, 1.807) is 7.11 Å². The average Bonchev–Trinajstić information content (AvgIpc) is 2.48. The van der Waals surface area contributed by atoms with Crippen molar-refractivity contribution >= 4 is 17.3 Å². The summed E-state index contributed by atoms with van der Waals surface area (Å²) in [5.74, 6) is 0.824. The molecule has 0 saturated carbocycles. The second-order valence-corrected chi connectivity index (χ2v) is 5.60. The molecule has 2 rings (SSSR count). The first-order valence-corrected chi connectivity index (χ1v) is 7.28. The number of hydrogen-bond donors (Lipinski definition) is 1. The Morgan fingerprint density at radius 2 is 1.86 bits per heavy atom. The molecule has 21 heavy (non-hydrogen) atoms. The lowest BCUT2D eigenvalue weighted by Gasteiger charge is -2.25. The maximum absolute atomic E-state index is 6.12. The molecule has 0 amide bonds. The summed E-state index contributed by atoms with van der Waals surface area (Å²) in [4.78, 5) is 2.17. The lowest BCUT2D eigenvalue weighted by Crippen LogP contribution is -2.20. The van der Waals surface area contributed by atoms with Gasteiger partial charge in [-0.1, -0.05) is 29.8 Å². The molecule has 4 heteroatoms. The van der Waals surface area contributed by atoms with Crippen molar-refractivity contribution in [3.63, 3.8) is 0 Å². The van der Waals surface area contributed by atoms with Gasteiger partial charge in [0, 0.05) is 35.9 Å². The molecular formula is C17H21ClN2O. The summed E-state index contributed by atoms with van der Waals surface area (Å²) >= 11 is 5.92. The van der Waals surface area contributed by atoms with E-state index in [2.05, 4.69) is 18.0 Å². The number of hydrogen-bond acceptors (Lipinski definition) is 3. The summed E-state index contributed by atoms with van der Waals surface area (Å²) < 4.78 is 5.44. The topological polar surface area (TPSA) is 38.5 Å². The Morgan fingerprint density at radius 3 is 2.43 bits per heavy atom. The van der Waals surface area contributed by atoms with Crippen molar-refractivity contribution in [2.45, 2.75) is 19.5 Å². The predicted molar refractivity (Wildman–Crippen MR) is 89.2 cm³/mol. The van der Waals surface area contributed by atoms with Crippen LogP contribution >= 0.6 is 11.6 Å². The van der Waals surface area contributed by atoms with Gasteiger partial charge in [0.25, 0.3) is 0 Å². The van der Waals surface area contributed by atoms with Gasteiger partial charge >= 0.3 is 0 Å². The van der Waals surface area contributed by atoms with Gasteiger partial charge in [-0.15, -0.1) is 0 Å². The van der Waals surface area contributed by atoms with Crippen LogP contribution < -0.4 is 15.4 Å². The molecule has 2 aromatic rings. The van der Waals surface area contributed by atoms with Gasteiger partial charge < -0.3 is 15.4 Å². The van der Waals surface area contributed by atoms with Gasteiger partial charge in [0.05, 0.1) is 7.11 Å². The molecule has 0 saturated heterocycles. The Kier molecular flexibility index (Phi) is 5.10. The number of nitrogens with zero attached hydrogens (tertiary/aromatic N) is 1. The Morgan fingerprint density at radius 1 is 1.19 bits per heavy atom. The van der Waals surface area contributed by atoms with Crippen LogP contribution in [0.2, 0.25) is 5.02 Å². The number of ether oxygens (including phenoxy) is 1. The van der Waals surface area contributed by atoms with Gasteiger partial charge in [-0.25, -0.2) is 0 Å². The van der Waals surface area contributed by atoms with E-state index in [1.165, 1.54) is 5.56 Å². The van der Waals surface area contributed by atoms with Crippen LogP contribution in [-0.4, -0.2) is 14.2 Å². The molecule has 2 N–H and O–H groups in total. The molecule has 0 heterocycles. The van der Waals surface area contributed by atoms with Crippen molar-refractivity contribution in [2.75, 3.05) is 19.1 Å². The van der Waals surface area contributed by atoms with Gasteiger partial charge in [0.15, 0.2) is 0 Å². The summed E-state index contributed by atoms with van der Waals surface area (Å²) in [7, 11) is 3.72. The minimum absolute atomic E-state index is 0.0937. The molecule has 0 bridgehead atoms. The van der Waals surface area contributed by atoms with Crippen LogP contribution in [-0.2, 0) is 6.54 Å². The standard InChI is InChI=1S/C17H21ClN2O/c1-12(19)17-15(5-4-6-16(17)21-3)20(2)11-13-7-9-14(18)10-8-13/h4-10,12H,11,19H2,1-3H3/t12-/m1/s1. The fraction of sp³-hybridized carbons (Fsp3) is 0.294. The van der Waals surface area contributed by atoms with Crippen LogP contribution in [0.3, 0.4) is 0 Å². The Bertz CT molecular complexity index is 596. The van der Waals surface area contributed by atoms with Crippen molar-refractivity contribution in [3.8, 4) is 5.75 Å². The number of anilines is 1. The fourth-order valence-corrected chi connectivity index (χ4v) is 2.58. The third-order valence-electron chi connectivity index (χ3n) is 3.46. The van der Waals surface area contributed by atoms with E-state index >= 15 is 0 Å². The van der Waals surface area contributed by atoms with Crippen molar-refractivity contribution < 1.29 is 4.74 Å². The number of methoxy groups -OCH3 is 1. The van der Waals surface area contributed by atoms with Crippen molar-refractivity contribution in [2.24, 2.45) is 5.73 Å². The van der Waals surface area contributed by atoms with E-state index in [0.29, 0.717) is 0 Å². The van der Waals surface area contributed by atoms with Gasteiger partial charge in [0.2, 0.25) is 0 Å². The van der Waals surface area contributed by atoms with Crippen LogP contribution in [0.1, 0.15) is 24.1 Å². The SMILES string of the molecule is COc1cccc(N(C)Cc2ccc(Cl)cc2)c1[C@@H](C)N. The smallest absolute Gasteiger partial charge is 0.125 e. The molecule has 0 radical (unpaired) electrons. The highest BCUT2D eigenvalue weighted by atomic mass is 35.5. The van der Waals surface area contributed by atoms with E-state index in [1.807, 2.05) is 43.3 Å². The van der Waals surface area contributed by atoms with Gasteiger partial charge in [-0.2, -0.15) is 0 Å². The third-order valence-corrected chi connectivity index (χ3v) is 3.71. The van der Waals surface area contributed by atoms with Gasteiger partial charge in [-0.3, -0.25) is 0 Å². The number of halogens is 1. The Balaban J connectivity index is 2.30. The number of rotatable bonds is 5. The molecule has 0 aromatic heterocycles. The number of nitrogens with two attached hydrogens (primary N) is 1. The van der Waals surface area contributed by atoms with E-state index in [4.69, 9.17) is 22.1 Å². The zero-order valence-corrected chi connectivity index (χ0v) is 13.4. The lowest BCUT2D eigenvalue weighted by atomic mass is 10.0. The molecule has 1 atom stereocenters. The number of benzene rings is 2. The average molecular weight is 305 g/mol. The molecule has 0 aliphatic carbocycles. The zero-order valence-electron chi connectivity index (χ0n) is 12.6. The summed E-state index contributed by atoms with van der Waals surface area (Å²) in [6.07, 6.45) is 0. The van der Waals surface area contributed by atoms with Gasteiger partial charge in [-0.05, 0) is 36.8 Å². The molecule has 2 aromatic carbocycles. The first-order valence-electron chi connectivity index (χ1n) is 6.91. The summed E-state index contributed by atoms with van der Waals surface area (Å²) in [6.45, 7) is 2.75. The largest absolute Gasteiger partial charge is 0.496 e. The summed E-state index contributed by atoms with van der Waals surface area (Å²) in [5.41, 5.74) is 9.42. The second-order valence-electron chi connectivity index (χ2n) is 5.16. The van der Waals surface area contributed by atoms with Crippen LogP contribution in [0.15, 0.2) is 42.5 Å². The van der Waals surface area contributed by atoms with Crippen LogP contribution in [0, 0.1) is 0 Å². The lowest BCUT2D eigenvalue weighted by molar-refractivity contribution is 0.407. The van der Waals surface area contributed by atoms with Crippen molar-refractivity contribution in [3.05, 3.63) is 58.6 Å². The Labute approximate surface area is 131 Å². The molecule has 0 spiro atoms. The second kappa shape index (κ2) is 6.83. The molecule has 0 unspecified atom stereocenters. The van der Waals surface area contributed by atoms with Crippen molar-refractivity contribution in [1.82, 2.24) is 0 Å². The fourth-order valence-electron chi connectivity index (χ4n) is 2.45. The summed E-state index contributed by atoms with van der Waals surface area (Å²) in [6, 6.07) is 13.8. The maximum atomic E-state index is 6.12. The summed E-state index contributed by atoms with van der Waals surface area (Å²) in [5, 5.41) is 0.749. The van der Waals surface area contributed by atoms with E-state index in [9.17, 15) is 0 Å².